The average molecular weight is 978 g/mol. The summed E-state index contributed by atoms with van der Waals surface area (Å²) in [4.78, 5) is 42.2. The van der Waals surface area contributed by atoms with Crippen molar-refractivity contribution in [2.45, 2.75) is 52.4 Å². The molecule has 0 bridgehead atoms. The number of nitrogens with zero attached hydrogens (tertiary/aromatic N) is 11. The first-order valence-corrected chi connectivity index (χ1v) is 24.2. The van der Waals surface area contributed by atoms with Gasteiger partial charge in [0.25, 0.3) is 0 Å². The summed E-state index contributed by atoms with van der Waals surface area (Å²) in [5, 5.41) is 5.89. The van der Waals surface area contributed by atoms with Crippen molar-refractivity contribution < 1.29 is 18.3 Å². The summed E-state index contributed by atoms with van der Waals surface area (Å²) >= 11 is 6.34. The highest BCUT2D eigenvalue weighted by molar-refractivity contribution is 6.36. The maximum Gasteiger partial charge on any atom is 0.142 e. The quantitative estimate of drug-likeness (QED) is 0.175. The number of anilines is 5. The molecule has 0 spiro atoms. The number of halogens is 3. The first kappa shape index (κ1) is 47.7. The normalized spacial score (nSPS) is 16.7. The lowest BCUT2D eigenvalue weighted by atomic mass is 9.91. The predicted molar refractivity (Wildman–Crippen MR) is 276 cm³/mol. The van der Waals surface area contributed by atoms with E-state index in [9.17, 15) is 8.78 Å². The Hall–Kier alpha value is -7.01. The number of hydrogen-bond donors (Lipinski definition) is 1. The number of fused-ring (bicyclic) bond motifs is 4. The van der Waals surface area contributed by atoms with Gasteiger partial charge in [-0.1, -0.05) is 39.3 Å². The molecule has 0 atom stereocenters. The first-order valence-electron chi connectivity index (χ1n) is 23.8. The highest BCUT2D eigenvalue weighted by atomic mass is 35.5. The van der Waals surface area contributed by atoms with Crippen LogP contribution < -0.4 is 20.0 Å². The van der Waals surface area contributed by atoms with Crippen LogP contribution in [0.5, 0.6) is 0 Å². The molecule has 4 aliphatic heterocycles. The smallest absolute Gasteiger partial charge is 0.142 e. The van der Waals surface area contributed by atoms with Crippen LogP contribution in [0, 0.1) is 25.5 Å². The number of nitrogens with one attached hydrogen (secondary N) is 1. The van der Waals surface area contributed by atoms with E-state index >= 15 is 0 Å². The molecular weight excluding hydrogens is 922 g/mol. The topological polar surface area (TPSA) is 143 Å². The van der Waals surface area contributed by atoms with Gasteiger partial charge >= 0.3 is 0 Å². The van der Waals surface area contributed by atoms with Gasteiger partial charge < -0.3 is 29.5 Å². The largest absolute Gasteiger partial charge is 0.383 e. The predicted octanol–water partition coefficient (Wildman–Crippen LogP) is 10.2. The second-order valence-electron chi connectivity index (χ2n) is 19.5. The van der Waals surface area contributed by atoms with E-state index in [1.165, 1.54) is 35.4 Å². The molecule has 14 nitrogen and oxygen atoms in total. The minimum Gasteiger partial charge on any atom is -0.383 e. The summed E-state index contributed by atoms with van der Waals surface area (Å²) in [5.74, 6) is -0.787. The van der Waals surface area contributed by atoms with Gasteiger partial charge in [0.2, 0.25) is 0 Å². The average Bonchev–Trinajstić information content (AvgIpc) is 3.84. The van der Waals surface area contributed by atoms with Gasteiger partial charge in [0.15, 0.2) is 0 Å². The molecule has 364 valence electrons. The van der Waals surface area contributed by atoms with Crippen LogP contribution >= 0.6 is 11.6 Å². The highest BCUT2D eigenvalue weighted by Crippen LogP contribution is 2.48. The molecule has 17 heteroatoms. The van der Waals surface area contributed by atoms with E-state index in [0.29, 0.717) is 33.1 Å². The lowest BCUT2D eigenvalue weighted by Gasteiger charge is -2.30. The van der Waals surface area contributed by atoms with E-state index in [1.807, 2.05) is 38.4 Å². The third-order valence-corrected chi connectivity index (χ3v) is 14.0. The van der Waals surface area contributed by atoms with Crippen LogP contribution in [0.2, 0.25) is 5.02 Å². The SMILES string of the molecule is CC1(C)CNc2cc(N3CCOCC3)cnc21.Cc1c(-c2cncc(F)c2)nc2cnccc2c1Cl.Cc1c(-c2cncc(F)c2)nc2cnccc2c1N1CC(C)(C)c2ncc(N3CCOCC3)cc21. The Bertz CT molecular complexity index is 3270. The molecule has 2 fully saturated rings. The third kappa shape index (κ3) is 9.63. The number of pyridine rings is 8. The second kappa shape index (κ2) is 19.6. The summed E-state index contributed by atoms with van der Waals surface area (Å²) in [5.41, 5.74) is 13.7. The van der Waals surface area contributed by atoms with Crippen molar-refractivity contribution in [1.82, 2.24) is 39.9 Å². The fourth-order valence-electron chi connectivity index (χ4n) is 9.80. The Labute approximate surface area is 416 Å². The molecule has 8 aromatic rings. The molecule has 0 saturated carbocycles. The lowest BCUT2D eigenvalue weighted by Crippen LogP contribution is -2.36. The number of ether oxygens (including phenoxy) is 2. The molecular formula is C54H55ClF2N12O2. The summed E-state index contributed by atoms with van der Waals surface area (Å²) < 4.78 is 38.3. The van der Waals surface area contributed by atoms with Gasteiger partial charge in [0.05, 0.1) is 131 Å². The molecule has 4 aliphatic rings. The van der Waals surface area contributed by atoms with E-state index in [1.54, 1.807) is 37.2 Å². The summed E-state index contributed by atoms with van der Waals surface area (Å²) in [6.45, 7) is 21.3. The summed E-state index contributed by atoms with van der Waals surface area (Å²) in [6.07, 6.45) is 16.4. The molecule has 0 aromatic carbocycles. The Balaban J connectivity index is 0.000000136. The van der Waals surface area contributed by atoms with Gasteiger partial charge in [-0.15, -0.1) is 0 Å². The van der Waals surface area contributed by atoms with Crippen molar-refractivity contribution >= 4 is 61.8 Å². The molecule has 12 heterocycles. The minimum absolute atomic E-state index is 0.144. The zero-order chi connectivity index (χ0) is 49.4. The van der Waals surface area contributed by atoms with Crippen LogP contribution in [-0.4, -0.2) is 106 Å². The maximum atomic E-state index is 14.1. The maximum absolute atomic E-state index is 14.1. The van der Waals surface area contributed by atoms with E-state index < -0.39 is 5.82 Å². The van der Waals surface area contributed by atoms with Crippen LogP contribution in [0.4, 0.5) is 37.2 Å². The lowest BCUT2D eigenvalue weighted by molar-refractivity contribution is 0.122. The van der Waals surface area contributed by atoms with Crippen LogP contribution in [0.25, 0.3) is 44.3 Å². The fourth-order valence-corrected chi connectivity index (χ4v) is 10.0. The van der Waals surface area contributed by atoms with Gasteiger partial charge in [-0.2, -0.15) is 0 Å². The number of hydrogen-bond acceptors (Lipinski definition) is 14. The minimum atomic E-state index is -0.402. The third-order valence-electron chi connectivity index (χ3n) is 13.5. The Morgan fingerprint density at radius 1 is 0.606 bits per heavy atom. The Morgan fingerprint density at radius 2 is 1.14 bits per heavy atom. The molecule has 0 amide bonds. The fraction of sp³-hybridized carbons (Fsp3) is 0.333. The van der Waals surface area contributed by atoms with Gasteiger partial charge in [-0.3, -0.25) is 29.9 Å². The van der Waals surface area contributed by atoms with Crippen LogP contribution in [0.15, 0.2) is 98.4 Å². The summed E-state index contributed by atoms with van der Waals surface area (Å²) in [7, 11) is 0. The van der Waals surface area contributed by atoms with Crippen molar-refractivity contribution in [3.8, 4) is 22.5 Å². The zero-order valence-electron chi connectivity index (χ0n) is 40.7. The van der Waals surface area contributed by atoms with Gasteiger partial charge in [0.1, 0.15) is 11.6 Å². The Morgan fingerprint density at radius 3 is 1.73 bits per heavy atom. The standard InChI is InChI=1S/C27H27FN6O.C14H9ClFN3.C13H19N3O/c1-17-24(18-10-19(28)13-30-12-18)32-22-15-29-5-4-21(22)25(17)34-16-27(2,3)26-23(34)11-20(14-31-26)33-6-8-35-9-7-33;1-8-13(15)11-2-3-17-7-12(11)19-14(8)9-4-10(16)6-18-5-9;1-13(2)9-15-11-7-10(8-14-12(11)13)16-3-5-17-6-4-16/h4-5,10-15H,6-9,16H2,1-3H3;2-7H,1H3;7-8,15H,3-6,9H2,1-2H3. The number of aromatic nitrogens is 8. The highest BCUT2D eigenvalue weighted by Gasteiger charge is 2.39. The van der Waals surface area contributed by atoms with Gasteiger partial charge in [-0.25, -0.2) is 18.7 Å². The molecule has 12 rings (SSSR count). The number of morpholine rings is 2. The van der Waals surface area contributed by atoms with Crippen LogP contribution in [0.3, 0.4) is 0 Å². The number of rotatable bonds is 5. The van der Waals surface area contributed by atoms with Gasteiger partial charge in [0, 0.05) is 96.8 Å². The zero-order valence-corrected chi connectivity index (χ0v) is 41.4. The first-order chi connectivity index (χ1) is 34.3. The van der Waals surface area contributed by atoms with Crippen molar-refractivity contribution in [2.75, 3.05) is 85.7 Å². The molecule has 8 aromatic heterocycles. The molecule has 1 N–H and O–H groups in total. The van der Waals surface area contributed by atoms with Crippen molar-refractivity contribution in [1.29, 1.82) is 0 Å². The van der Waals surface area contributed by atoms with Gasteiger partial charge in [-0.05, 0) is 61.4 Å². The second-order valence-corrected chi connectivity index (χ2v) is 19.8. The molecule has 0 aliphatic carbocycles. The van der Waals surface area contributed by atoms with Crippen LogP contribution in [0.1, 0.15) is 50.2 Å². The summed E-state index contributed by atoms with van der Waals surface area (Å²) in [6, 6.07) is 11.2. The molecule has 71 heavy (non-hydrogen) atoms. The van der Waals surface area contributed by atoms with E-state index in [-0.39, 0.29) is 16.6 Å². The van der Waals surface area contributed by atoms with Crippen molar-refractivity contribution in [3.05, 3.63) is 138 Å². The van der Waals surface area contributed by atoms with Crippen molar-refractivity contribution in [3.63, 3.8) is 0 Å². The Kier molecular flexibility index (Phi) is 13.2. The molecule has 2 saturated heterocycles. The van der Waals surface area contributed by atoms with Crippen LogP contribution in [-0.2, 0) is 20.3 Å². The van der Waals surface area contributed by atoms with E-state index in [2.05, 4.69) is 89.7 Å². The molecule has 0 unspecified atom stereocenters. The van der Waals surface area contributed by atoms with E-state index in [4.69, 9.17) is 31.0 Å². The monoisotopic (exact) mass is 976 g/mol. The van der Waals surface area contributed by atoms with Crippen molar-refractivity contribution in [2.24, 2.45) is 0 Å². The van der Waals surface area contributed by atoms with E-state index in [0.717, 1.165) is 122 Å². The molecule has 0 radical (unpaired) electrons.